The van der Waals surface area contributed by atoms with Crippen LogP contribution in [-0.4, -0.2) is 24.7 Å². The van der Waals surface area contributed by atoms with Gasteiger partial charge in [0.15, 0.2) is 0 Å². The number of hydrogen-bond donors (Lipinski definition) is 3. The number of nitrogens with one attached hydrogen (secondary N) is 1. The first-order valence-corrected chi connectivity index (χ1v) is 6.95. The molecule has 106 valence electrons. The summed E-state index contributed by atoms with van der Waals surface area (Å²) in [6, 6.07) is 6.02. The molecule has 0 saturated carbocycles. The second kappa shape index (κ2) is 8.77. The number of nitrogens with zero attached hydrogens (tertiary/aromatic N) is 1. The number of halogens is 1. The smallest absolute Gasteiger partial charge is 0.139 e. The summed E-state index contributed by atoms with van der Waals surface area (Å²) >= 11 is 3.52. The standard InChI is InChI=1S/C13H20BrN3O2/c1-19-9-10-11(14)5-4-6-12(10)16-8-3-2-7-13(15)17-18/h4-6,16,18H,2-3,7-9H2,1H3,(H2,15,17). The van der Waals surface area contributed by atoms with Crippen LogP contribution in [0.3, 0.4) is 0 Å². The summed E-state index contributed by atoms with van der Waals surface area (Å²) in [5.74, 6) is 0.280. The van der Waals surface area contributed by atoms with E-state index in [9.17, 15) is 0 Å². The molecule has 19 heavy (non-hydrogen) atoms. The van der Waals surface area contributed by atoms with E-state index in [1.165, 1.54) is 0 Å². The van der Waals surface area contributed by atoms with E-state index >= 15 is 0 Å². The van der Waals surface area contributed by atoms with Crippen molar-refractivity contribution in [3.05, 3.63) is 28.2 Å². The largest absolute Gasteiger partial charge is 0.409 e. The molecule has 0 saturated heterocycles. The second-order valence-electron chi connectivity index (χ2n) is 4.17. The van der Waals surface area contributed by atoms with Crippen LogP contribution >= 0.6 is 15.9 Å². The molecular weight excluding hydrogens is 310 g/mol. The normalized spacial score (nSPS) is 11.6. The van der Waals surface area contributed by atoms with Crippen molar-refractivity contribution in [3.63, 3.8) is 0 Å². The van der Waals surface area contributed by atoms with Crippen LogP contribution in [0.1, 0.15) is 24.8 Å². The zero-order valence-corrected chi connectivity index (χ0v) is 12.6. The summed E-state index contributed by atoms with van der Waals surface area (Å²) in [7, 11) is 1.68. The summed E-state index contributed by atoms with van der Waals surface area (Å²) in [5.41, 5.74) is 7.59. The van der Waals surface area contributed by atoms with Gasteiger partial charge in [-0.15, -0.1) is 0 Å². The molecule has 1 aromatic carbocycles. The van der Waals surface area contributed by atoms with E-state index in [4.69, 9.17) is 15.7 Å². The molecule has 0 amide bonds. The van der Waals surface area contributed by atoms with E-state index in [2.05, 4.69) is 26.4 Å². The van der Waals surface area contributed by atoms with Crippen LogP contribution in [0.25, 0.3) is 0 Å². The lowest BCUT2D eigenvalue weighted by Gasteiger charge is -2.13. The number of ether oxygens (including phenoxy) is 1. The van der Waals surface area contributed by atoms with Gasteiger partial charge in [-0.1, -0.05) is 27.2 Å². The minimum Gasteiger partial charge on any atom is -0.409 e. The molecule has 0 fully saturated rings. The van der Waals surface area contributed by atoms with Gasteiger partial charge < -0.3 is 21.0 Å². The van der Waals surface area contributed by atoms with Crippen LogP contribution < -0.4 is 11.1 Å². The summed E-state index contributed by atoms with van der Waals surface area (Å²) in [6.07, 6.45) is 2.45. The minimum absolute atomic E-state index is 0.280. The number of methoxy groups -OCH3 is 1. The second-order valence-corrected chi connectivity index (χ2v) is 5.03. The molecule has 0 atom stereocenters. The van der Waals surface area contributed by atoms with Crippen LogP contribution in [0, 0.1) is 0 Å². The molecule has 1 rings (SSSR count). The van der Waals surface area contributed by atoms with E-state index in [-0.39, 0.29) is 5.84 Å². The van der Waals surface area contributed by atoms with Crippen molar-refractivity contribution in [2.45, 2.75) is 25.9 Å². The highest BCUT2D eigenvalue weighted by atomic mass is 79.9. The maximum Gasteiger partial charge on any atom is 0.139 e. The van der Waals surface area contributed by atoms with Gasteiger partial charge in [0.2, 0.25) is 0 Å². The van der Waals surface area contributed by atoms with Gasteiger partial charge in [-0.05, 0) is 25.0 Å². The lowest BCUT2D eigenvalue weighted by molar-refractivity contribution is 0.185. The van der Waals surface area contributed by atoms with Crippen molar-refractivity contribution in [1.29, 1.82) is 0 Å². The van der Waals surface area contributed by atoms with Crippen molar-refractivity contribution in [1.82, 2.24) is 0 Å². The SMILES string of the molecule is COCc1c(Br)cccc1NCCCCC(N)=NO. The summed E-state index contributed by atoms with van der Waals surface area (Å²) in [5, 5.41) is 14.7. The van der Waals surface area contributed by atoms with E-state index in [0.29, 0.717) is 13.0 Å². The number of hydrogen-bond acceptors (Lipinski definition) is 4. The molecule has 5 nitrogen and oxygen atoms in total. The Morgan fingerprint density at radius 1 is 1.47 bits per heavy atom. The van der Waals surface area contributed by atoms with E-state index in [1.54, 1.807) is 7.11 Å². The van der Waals surface area contributed by atoms with E-state index in [1.807, 2.05) is 18.2 Å². The van der Waals surface area contributed by atoms with Crippen LogP contribution in [0.15, 0.2) is 27.8 Å². The molecule has 0 aliphatic heterocycles. The Morgan fingerprint density at radius 3 is 2.95 bits per heavy atom. The van der Waals surface area contributed by atoms with Gasteiger partial charge in [-0.25, -0.2) is 0 Å². The van der Waals surface area contributed by atoms with E-state index in [0.717, 1.165) is 35.1 Å². The summed E-state index contributed by atoms with van der Waals surface area (Å²) in [6.45, 7) is 1.40. The fourth-order valence-electron chi connectivity index (χ4n) is 1.72. The van der Waals surface area contributed by atoms with Gasteiger partial charge in [-0.2, -0.15) is 0 Å². The highest BCUT2D eigenvalue weighted by Gasteiger charge is 2.05. The number of rotatable bonds is 8. The molecule has 0 bridgehead atoms. The molecule has 0 aromatic heterocycles. The Bertz CT molecular complexity index is 424. The predicted molar refractivity (Wildman–Crippen MR) is 80.6 cm³/mol. The number of nitrogens with two attached hydrogens (primary N) is 1. The Kier molecular flexibility index (Phi) is 7.28. The van der Waals surface area contributed by atoms with Crippen molar-refractivity contribution >= 4 is 27.5 Å². The van der Waals surface area contributed by atoms with Crippen molar-refractivity contribution in [3.8, 4) is 0 Å². The molecule has 0 unspecified atom stereocenters. The maximum atomic E-state index is 8.42. The number of amidine groups is 1. The minimum atomic E-state index is 0.280. The Labute approximate surface area is 122 Å². The van der Waals surface area contributed by atoms with Gasteiger partial charge in [0.1, 0.15) is 5.84 Å². The highest BCUT2D eigenvalue weighted by Crippen LogP contribution is 2.25. The molecule has 0 heterocycles. The molecule has 6 heteroatoms. The van der Waals surface area contributed by atoms with Crippen LogP contribution in [0.2, 0.25) is 0 Å². The number of benzene rings is 1. The number of anilines is 1. The number of unbranched alkanes of at least 4 members (excludes halogenated alkanes) is 1. The third kappa shape index (κ3) is 5.48. The summed E-state index contributed by atoms with van der Waals surface area (Å²) < 4.78 is 6.23. The van der Waals surface area contributed by atoms with Crippen LogP contribution in [0.5, 0.6) is 0 Å². The third-order valence-corrected chi connectivity index (χ3v) is 3.45. The molecule has 0 aliphatic carbocycles. The van der Waals surface area contributed by atoms with Crippen molar-refractivity contribution in [2.24, 2.45) is 10.9 Å². The first kappa shape index (κ1) is 15.8. The lowest BCUT2D eigenvalue weighted by atomic mass is 10.1. The fraction of sp³-hybridized carbons (Fsp3) is 0.462. The summed E-state index contributed by atoms with van der Waals surface area (Å²) in [4.78, 5) is 0. The van der Waals surface area contributed by atoms with Gasteiger partial charge in [-0.3, -0.25) is 0 Å². The zero-order valence-electron chi connectivity index (χ0n) is 11.0. The molecule has 0 aliphatic rings. The number of oxime groups is 1. The quantitative estimate of drug-likeness (QED) is 0.225. The molecule has 0 radical (unpaired) electrons. The van der Waals surface area contributed by atoms with Crippen molar-refractivity contribution in [2.75, 3.05) is 19.0 Å². The Balaban J connectivity index is 2.42. The monoisotopic (exact) mass is 329 g/mol. The first-order valence-electron chi connectivity index (χ1n) is 6.15. The highest BCUT2D eigenvalue weighted by molar-refractivity contribution is 9.10. The Morgan fingerprint density at radius 2 is 2.26 bits per heavy atom. The van der Waals surface area contributed by atoms with Gasteiger partial charge in [0.05, 0.1) is 6.61 Å². The molecule has 0 spiro atoms. The lowest BCUT2D eigenvalue weighted by Crippen LogP contribution is -2.12. The van der Waals surface area contributed by atoms with Gasteiger partial charge in [0.25, 0.3) is 0 Å². The average Bonchev–Trinajstić information content (AvgIpc) is 2.41. The molecule has 4 N–H and O–H groups in total. The average molecular weight is 330 g/mol. The van der Waals surface area contributed by atoms with Crippen LogP contribution in [-0.2, 0) is 11.3 Å². The molecule has 1 aromatic rings. The zero-order chi connectivity index (χ0) is 14.1. The first-order chi connectivity index (χ1) is 9.19. The fourth-order valence-corrected chi connectivity index (χ4v) is 2.20. The topological polar surface area (TPSA) is 79.9 Å². The molecular formula is C13H20BrN3O2. The van der Waals surface area contributed by atoms with E-state index < -0.39 is 0 Å². The van der Waals surface area contributed by atoms with Gasteiger partial charge in [0, 0.05) is 35.8 Å². The predicted octanol–water partition coefficient (Wildman–Crippen LogP) is 2.92. The van der Waals surface area contributed by atoms with Crippen LogP contribution in [0.4, 0.5) is 5.69 Å². The third-order valence-electron chi connectivity index (χ3n) is 2.71. The maximum absolute atomic E-state index is 8.42. The Hall–Kier alpha value is -1.27. The van der Waals surface area contributed by atoms with Crippen molar-refractivity contribution < 1.29 is 9.94 Å². The van der Waals surface area contributed by atoms with Gasteiger partial charge >= 0.3 is 0 Å².